The van der Waals surface area contributed by atoms with Crippen molar-refractivity contribution < 1.29 is 19.6 Å². The topological polar surface area (TPSA) is 144 Å². The Hall–Kier alpha value is -2.24. The molecule has 11 heteroatoms. The van der Waals surface area contributed by atoms with E-state index in [-0.39, 0.29) is 18.6 Å². The van der Waals surface area contributed by atoms with Crippen molar-refractivity contribution in [1.29, 1.82) is 0 Å². The molecular formula is C18H34N6O5. The number of ether oxygens (including phenoxy) is 1. The third-order valence-electron chi connectivity index (χ3n) is 3.80. The Morgan fingerprint density at radius 1 is 1.24 bits per heavy atom. The number of alkyl carbamates (subject to hydrolysis) is 1. The van der Waals surface area contributed by atoms with Crippen LogP contribution in [0.1, 0.15) is 40.0 Å². The smallest absolute Gasteiger partial charge is 0.434 e. The lowest BCUT2D eigenvalue weighted by Crippen LogP contribution is -2.33. The fourth-order valence-electron chi connectivity index (χ4n) is 2.52. The quantitative estimate of drug-likeness (QED) is 0.201. The molecule has 1 rings (SSSR count). The van der Waals surface area contributed by atoms with Crippen molar-refractivity contribution in [2.75, 3.05) is 32.7 Å². The van der Waals surface area contributed by atoms with Gasteiger partial charge in [0, 0.05) is 13.1 Å². The number of nitro groups is 1. The van der Waals surface area contributed by atoms with Crippen molar-refractivity contribution >= 4 is 12.0 Å². The summed E-state index contributed by atoms with van der Waals surface area (Å²) < 4.78 is 6.48. The van der Waals surface area contributed by atoms with Gasteiger partial charge < -0.3 is 35.9 Å². The van der Waals surface area contributed by atoms with Crippen molar-refractivity contribution in [3.8, 4) is 0 Å². The van der Waals surface area contributed by atoms with Crippen LogP contribution in [0.15, 0.2) is 12.4 Å². The lowest BCUT2D eigenvalue weighted by atomic mass is 10.2. The van der Waals surface area contributed by atoms with Gasteiger partial charge in [-0.15, -0.1) is 0 Å². The Bertz CT molecular complexity index is 616. The molecule has 1 aromatic rings. The number of nitrogens with zero attached hydrogens (tertiary/aromatic N) is 3. The zero-order valence-corrected chi connectivity index (χ0v) is 17.5. The number of unbranched alkanes of at least 4 members (excludes halogenated alkanes) is 1. The van der Waals surface area contributed by atoms with E-state index in [9.17, 15) is 20.0 Å². The summed E-state index contributed by atoms with van der Waals surface area (Å²) in [5.41, 5.74) is -0.479. The van der Waals surface area contributed by atoms with Crippen molar-refractivity contribution in [3.05, 3.63) is 22.5 Å². The van der Waals surface area contributed by atoms with Crippen molar-refractivity contribution in [3.63, 3.8) is 0 Å². The van der Waals surface area contributed by atoms with E-state index in [0.29, 0.717) is 13.1 Å². The molecule has 0 spiro atoms. The summed E-state index contributed by atoms with van der Waals surface area (Å²) >= 11 is 0. The maximum absolute atomic E-state index is 11.5. The van der Waals surface area contributed by atoms with Crippen molar-refractivity contribution in [2.24, 2.45) is 0 Å². The van der Waals surface area contributed by atoms with Gasteiger partial charge in [0.25, 0.3) is 0 Å². The van der Waals surface area contributed by atoms with Crippen LogP contribution >= 0.6 is 0 Å². The number of imidazole rings is 1. The Morgan fingerprint density at radius 3 is 2.59 bits per heavy atom. The van der Waals surface area contributed by atoms with Gasteiger partial charge in [-0.05, 0) is 64.6 Å². The third-order valence-corrected chi connectivity index (χ3v) is 3.80. The lowest BCUT2D eigenvalue weighted by Gasteiger charge is -2.19. The highest BCUT2D eigenvalue weighted by Gasteiger charge is 2.17. The minimum atomic E-state index is -0.728. The molecule has 0 aliphatic heterocycles. The standard InChI is InChI=1S/C18H34N6O5/c1-18(2,3)29-17(26)22-10-5-4-7-19-8-6-9-20-13-15(25)14-23-12-11-21-16(23)24(27)28/h11-12,15,19-20,25H,4-10,13-14H2,1-3H3,(H,22,26). The van der Waals surface area contributed by atoms with Gasteiger partial charge >= 0.3 is 12.0 Å². The molecule has 4 N–H and O–H groups in total. The summed E-state index contributed by atoms with van der Waals surface area (Å²) in [7, 11) is 0. The molecule has 1 amide bonds. The third kappa shape index (κ3) is 12.0. The second kappa shape index (κ2) is 13.1. The second-order valence-electron chi connectivity index (χ2n) is 7.73. The number of hydrogen-bond acceptors (Lipinski definition) is 8. The largest absolute Gasteiger partial charge is 0.444 e. The number of aromatic nitrogens is 2. The first-order valence-electron chi connectivity index (χ1n) is 9.91. The predicted octanol–water partition coefficient (Wildman–Crippen LogP) is 1.03. The van der Waals surface area contributed by atoms with E-state index in [1.165, 1.54) is 17.0 Å². The van der Waals surface area contributed by atoms with E-state index < -0.39 is 16.6 Å². The molecule has 0 bridgehead atoms. The van der Waals surface area contributed by atoms with Gasteiger partial charge in [-0.2, -0.15) is 0 Å². The van der Waals surface area contributed by atoms with E-state index in [1.54, 1.807) is 0 Å². The summed E-state index contributed by atoms with van der Waals surface area (Å²) in [5, 5.41) is 29.9. The number of aliphatic hydroxyl groups is 1. The van der Waals surface area contributed by atoms with Gasteiger partial charge in [0.2, 0.25) is 0 Å². The Morgan fingerprint density at radius 2 is 1.90 bits per heavy atom. The maximum Gasteiger partial charge on any atom is 0.434 e. The minimum Gasteiger partial charge on any atom is -0.444 e. The predicted molar refractivity (Wildman–Crippen MR) is 109 cm³/mol. The fourth-order valence-corrected chi connectivity index (χ4v) is 2.52. The number of nitrogens with one attached hydrogen (secondary N) is 3. The van der Waals surface area contributed by atoms with Crippen LogP contribution in [-0.2, 0) is 11.3 Å². The zero-order valence-electron chi connectivity index (χ0n) is 17.5. The number of carbonyl (C=O) groups is 1. The molecular weight excluding hydrogens is 380 g/mol. The van der Waals surface area contributed by atoms with Crippen LogP contribution in [0.2, 0.25) is 0 Å². The van der Waals surface area contributed by atoms with Gasteiger partial charge in [0.15, 0.2) is 0 Å². The molecule has 166 valence electrons. The molecule has 0 fully saturated rings. The summed E-state index contributed by atoms with van der Waals surface area (Å²) in [6, 6.07) is 0. The SMILES string of the molecule is CC(C)(C)OC(=O)NCCCCNCCCNCC(O)Cn1ccnc1[N+](=O)[O-]. The van der Waals surface area contributed by atoms with Crippen LogP contribution in [0.4, 0.5) is 10.7 Å². The maximum atomic E-state index is 11.5. The molecule has 1 heterocycles. The molecule has 0 radical (unpaired) electrons. The summed E-state index contributed by atoms with van der Waals surface area (Å²) in [5.74, 6) is -0.269. The van der Waals surface area contributed by atoms with Crippen molar-refractivity contribution in [2.45, 2.75) is 58.3 Å². The highest BCUT2D eigenvalue weighted by molar-refractivity contribution is 5.67. The van der Waals surface area contributed by atoms with Gasteiger partial charge in [0.1, 0.15) is 18.0 Å². The Kier molecular flexibility index (Phi) is 11.2. The van der Waals surface area contributed by atoms with Gasteiger partial charge in [-0.1, -0.05) is 4.98 Å². The molecule has 1 atom stereocenters. The van der Waals surface area contributed by atoms with Crippen LogP contribution < -0.4 is 16.0 Å². The van der Waals surface area contributed by atoms with E-state index in [0.717, 1.165) is 38.9 Å². The molecule has 29 heavy (non-hydrogen) atoms. The summed E-state index contributed by atoms with van der Waals surface area (Å²) in [4.78, 5) is 25.3. The minimum absolute atomic E-state index is 0.124. The van der Waals surface area contributed by atoms with Crippen LogP contribution in [0, 0.1) is 10.1 Å². The highest BCUT2D eigenvalue weighted by atomic mass is 16.6. The summed E-state index contributed by atoms with van der Waals surface area (Å²) in [6.45, 7) is 9.00. The number of amides is 1. The average Bonchev–Trinajstić information content (AvgIpc) is 3.06. The number of aliphatic hydroxyl groups excluding tert-OH is 1. The normalized spacial score (nSPS) is 12.6. The molecule has 0 aromatic carbocycles. The number of carbonyl (C=O) groups excluding carboxylic acids is 1. The molecule has 0 aliphatic rings. The van der Waals surface area contributed by atoms with E-state index in [4.69, 9.17) is 4.74 Å². The van der Waals surface area contributed by atoms with E-state index in [2.05, 4.69) is 20.9 Å². The first-order valence-corrected chi connectivity index (χ1v) is 9.91. The van der Waals surface area contributed by atoms with Gasteiger partial charge in [-0.25, -0.2) is 9.36 Å². The number of rotatable bonds is 14. The molecule has 1 aromatic heterocycles. The van der Waals surface area contributed by atoms with Crippen LogP contribution in [0.5, 0.6) is 0 Å². The first-order chi connectivity index (χ1) is 13.7. The molecule has 1 unspecified atom stereocenters. The Balaban J connectivity index is 1.94. The zero-order chi connectivity index (χ0) is 21.7. The van der Waals surface area contributed by atoms with Gasteiger partial charge in [-0.3, -0.25) is 0 Å². The van der Waals surface area contributed by atoms with Crippen LogP contribution in [0.25, 0.3) is 0 Å². The fraction of sp³-hybridized carbons (Fsp3) is 0.778. The van der Waals surface area contributed by atoms with Crippen LogP contribution in [0.3, 0.4) is 0 Å². The summed E-state index contributed by atoms with van der Waals surface area (Å²) in [6.07, 6.45) is 4.43. The van der Waals surface area contributed by atoms with Crippen LogP contribution in [-0.4, -0.2) is 70.1 Å². The van der Waals surface area contributed by atoms with Gasteiger partial charge in [0.05, 0.1) is 12.6 Å². The van der Waals surface area contributed by atoms with Crippen molar-refractivity contribution in [1.82, 2.24) is 25.5 Å². The average molecular weight is 415 g/mol. The monoisotopic (exact) mass is 414 g/mol. The lowest BCUT2D eigenvalue weighted by molar-refractivity contribution is -0.397. The molecule has 11 nitrogen and oxygen atoms in total. The highest BCUT2D eigenvalue weighted by Crippen LogP contribution is 2.08. The molecule has 0 saturated carbocycles. The molecule has 0 aliphatic carbocycles. The number of hydrogen-bond donors (Lipinski definition) is 4. The Labute approximate surface area is 171 Å². The first kappa shape index (κ1) is 24.8. The second-order valence-corrected chi connectivity index (χ2v) is 7.73. The van der Waals surface area contributed by atoms with E-state index >= 15 is 0 Å². The van der Waals surface area contributed by atoms with E-state index in [1.807, 2.05) is 20.8 Å². The molecule has 0 saturated heterocycles.